The standard InChI is InChI=1S/C16H26O3/c17-11-12-1-3-13(4-2-12)14-5-7-15(8-6-14)16-18-9-10-19-16/h11-16H,1-10H2. The molecule has 0 amide bonds. The van der Waals surface area contributed by atoms with Crippen molar-refractivity contribution in [3.63, 3.8) is 0 Å². The van der Waals surface area contributed by atoms with Crippen LogP contribution in [0.2, 0.25) is 0 Å². The molecule has 2 aliphatic carbocycles. The maximum Gasteiger partial charge on any atom is 0.160 e. The lowest BCUT2D eigenvalue weighted by Crippen LogP contribution is -2.30. The first kappa shape index (κ1) is 13.6. The van der Waals surface area contributed by atoms with Gasteiger partial charge < -0.3 is 14.3 Å². The van der Waals surface area contributed by atoms with E-state index in [2.05, 4.69) is 0 Å². The van der Waals surface area contributed by atoms with Crippen molar-refractivity contribution >= 4 is 6.29 Å². The van der Waals surface area contributed by atoms with Crippen LogP contribution in [0.25, 0.3) is 0 Å². The van der Waals surface area contributed by atoms with Crippen molar-refractivity contribution in [2.24, 2.45) is 23.7 Å². The normalized spacial score (nSPS) is 41.3. The molecule has 0 spiro atoms. The highest BCUT2D eigenvalue weighted by Gasteiger charge is 2.34. The van der Waals surface area contributed by atoms with Crippen LogP contribution in [0.15, 0.2) is 0 Å². The van der Waals surface area contributed by atoms with Gasteiger partial charge in [0.15, 0.2) is 6.29 Å². The van der Waals surface area contributed by atoms with Gasteiger partial charge in [-0.15, -0.1) is 0 Å². The van der Waals surface area contributed by atoms with E-state index in [9.17, 15) is 4.79 Å². The summed E-state index contributed by atoms with van der Waals surface area (Å²) in [6.45, 7) is 1.56. The molecule has 108 valence electrons. The molecule has 0 N–H and O–H groups in total. The summed E-state index contributed by atoms with van der Waals surface area (Å²) in [6.07, 6.45) is 11.3. The molecule has 1 heterocycles. The molecule has 0 aromatic carbocycles. The molecule has 3 fully saturated rings. The van der Waals surface area contributed by atoms with Crippen molar-refractivity contribution in [1.82, 2.24) is 0 Å². The van der Waals surface area contributed by atoms with Crippen LogP contribution >= 0.6 is 0 Å². The summed E-state index contributed by atoms with van der Waals surface area (Å²) in [7, 11) is 0. The van der Waals surface area contributed by atoms with Gasteiger partial charge in [-0.2, -0.15) is 0 Å². The molecule has 1 saturated heterocycles. The van der Waals surface area contributed by atoms with Gasteiger partial charge in [-0.05, 0) is 63.2 Å². The summed E-state index contributed by atoms with van der Waals surface area (Å²) in [4.78, 5) is 10.8. The second kappa shape index (κ2) is 6.36. The lowest BCUT2D eigenvalue weighted by molar-refractivity contribution is -0.112. The number of rotatable bonds is 3. The van der Waals surface area contributed by atoms with E-state index in [1.54, 1.807) is 0 Å². The summed E-state index contributed by atoms with van der Waals surface area (Å²) in [6, 6.07) is 0. The van der Waals surface area contributed by atoms with E-state index >= 15 is 0 Å². The number of carbonyl (C=O) groups is 1. The lowest BCUT2D eigenvalue weighted by atomic mass is 9.69. The number of hydrogen-bond donors (Lipinski definition) is 0. The van der Waals surface area contributed by atoms with Gasteiger partial charge in [0.25, 0.3) is 0 Å². The minimum absolute atomic E-state index is 0.0896. The number of hydrogen-bond acceptors (Lipinski definition) is 3. The summed E-state index contributed by atoms with van der Waals surface area (Å²) < 4.78 is 11.3. The molecule has 0 aromatic rings. The van der Waals surface area contributed by atoms with Crippen molar-refractivity contribution in [3.05, 3.63) is 0 Å². The van der Waals surface area contributed by atoms with E-state index in [0.29, 0.717) is 11.8 Å². The Morgan fingerprint density at radius 3 is 1.68 bits per heavy atom. The van der Waals surface area contributed by atoms with Gasteiger partial charge in [-0.3, -0.25) is 0 Å². The van der Waals surface area contributed by atoms with Gasteiger partial charge in [0.2, 0.25) is 0 Å². The number of carbonyl (C=O) groups excluding carboxylic acids is 1. The average molecular weight is 266 g/mol. The van der Waals surface area contributed by atoms with Gasteiger partial charge >= 0.3 is 0 Å². The minimum Gasteiger partial charge on any atom is -0.350 e. The highest BCUT2D eigenvalue weighted by Crippen LogP contribution is 2.42. The Morgan fingerprint density at radius 1 is 0.684 bits per heavy atom. The van der Waals surface area contributed by atoms with Crippen LogP contribution in [0.4, 0.5) is 0 Å². The maximum atomic E-state index is 10.8. The van der Waals surface area contributed by atoms with Gasteiger partial charge in [-0.25, -0.2) is 0 Å². The van der Waals surface area contributed by atoms with E-state index in [1.165, 1.54) is 44.8 Å². The predicted octanol–water partition coefficient (Wildman–Crippen LogP) is 3.17. The third-order valence-electron chi connectivity index (χ3n) is 5.52. The Morgan fingerprint density at radius 2 is 1.16 bits per heavy atom. The zero-order valence-corrected chi connectivity index (χ0v) is 11.8. The Labute approximate surface area is 116 Å². The van der Waals surface area contributed by atoms with Crippen LogP contribution in [-0.4, -0.2) is 25.8 Å². The average Bonchev–Trinajstić information content (AvgIpc) is 3.02. The van der Waals surface area contributed by atoms with Crippen LogP contribution in [0.3, 0.4) is 0 Å². The SMILES string of the molecule is O=CC1CCC(C2CCC(C3OCCO3)CC2)CC1. The Hall–Kier alpha value is -0.410. The monoisotopic (exact) mass is 266 g/mol. The second-order valence-electron chi connectivity index (χ2n) is 6.60. The van der Waals surface area contributed by atoms with E-state index in [0.717, 1.165) is 37.9 Å². The topological polar surface area (TPSA) is 35.5 Å². The summed E-state index contributed by atoms with van der Waals surface area (Å²) in [5, 5.41) is 0. The molecule has 0 aromatic heterocycles. The van der Waals surface area contributed by atoms with Crippen LogP contribution in [0.1, 0.15) is 51.4 Å². The molecule has 3 rings (SSSR count). The zero-order chi connectivity index (χ0) is 13.1. The zero-order valence-electron chi connectivity index (χ0n) is 11.8. The molecule has 0 radical (unpaired) electrons. The third kappa shape index (κ3) is 3.19. The van der Waals surface area contributed by atoms with Crippen LogP contribution in [-0.2, 0) is 14.3 Å². The highest BCUT2D eigenvalue weighted by molar-refractivity contribution is 5.53. The van der Waals surface area contributed by atoms with E-state index in [4.69, 9.17) is 9.47 Å². The maximum absolute atomic E-state index is 10.8. The summed E-state index contributed by atoms with van der Waals surface area (Å²) in [5.41, 5.74) is 0. The molecular weight excluding hydrogens is 240 g/mol. The van der Waals surface area contributed by atoms with Crippen molar-refractivity contribution in [1.29, 1.82) is 0 Å². The first-order chi connectivity index (χ1) is 9.36. The van der Waals surface area contributed by atoms with E-state index < -0.39 is 0 Å². The molecule has 19 heavy (non-hydrogen) atoms. The second-order valence-corrected chi connectivity index (χ2v) is 6.60. The molecule has 0 atom stereocenters. The molecule has 3 aliphatic rings. The van der Waals surface area contributed by atoms with Gasteiger partial charge in [-0.1, -0.05) is 0 Å². The van der Waals surface area contributed by atoms with Gasteiger partial charge in [0.05, 0.1) is 13.2 Å². The van der Waals surface area contributed by atoms with Gasteiger partial charge in [0.1, 0.15) is 6.29 Å². The van der Waals surface area contributed by atoms with Crippen LogP contribution in [0.5, 0.6) is 0 Å². The highest BCUT2D eigenvalue weighted by atomic mass is 16.7. The molecule has 1 aliphatic heterocycles. The third-order valence-corrected chi connectivity index (χ3v) is 5.52. The van der Waals surface area contributed by atoms with Crippen LogP contribution in [0, 0.1) is 23.7 Å². The van der Waals surface area contributed by atoms with E-state index in [1.807, 2.05) is 0 Å². The molecule has 3 nitrogen and oxygen atoms in total. The summed E-state index contributed by atoms with van der Waals surface area (Å²) in [5.74, 6) is 2.76. The largest absolute Gasteiger partial charge is 0.350 e. The van der Waals surface area contributed by atoms with Gasteiger partial charge in [0, 0.05) is 11.8 Å². The van der Waals surface area contributed by atoms with Crippen molar-refractivity contribution in [2.45, 2.75) is 57.7 Å². The molecular formula is C16H26O3. The molecule has 0 bridgehead atoms. The number of aldehydes is 1. The van der Waals surface area contributed by atoms with Crippen LogP contribution < -0.4 is 0 Å². The Balaban J connectivity index is 1.43. The fourth-order valence-electron chi connectivity index (χ4n) is 4.29. The Bertz CT molecular complexity index is 282. The summed E-state index contributed by atoms with van der Waals surface area (Å²) >= 11 is 0. The van der Waals surface area contributed by atoms with Crippen molar-refractivity contribution in [2.75, 3.05) is 13.2 Å². The van der Waals surface area contributed by atoms with Crippen molar-refractivity contribution in [3.8, 4) is 0 Å². The fourth-order valence-corrected chi connectivity index (χ4v) is 4.29. The van der Waals surface area contributed by atoms with Crippen molar-refractivity contribution < 1.29 is 14.3 Å². The quantitative estimate of drug-likeness (QED) is 0.736. The predicted molar refractivity (Wildman–Crippen MR) is 72.7 cm³/mol. The number of ether oxygens (including phenoxy) is 2. The molecule has 2 saturated carbocycles. The smallest absolute Gasteiger partial charge is 0.160 e. The van der Waals surface area contributed by atoms with E-state index in [-0.39, 0.29) is 6.29 Å². The first-order valence-electron chi connectivity index (χ1n) is 8.05. The molecule has 3 heteroatoms. The molecule has 0 unspecified atom stereocenters. The Kier molecular flexibility index (Phi) is 4.54. The fraction of sp³-hybridized carbons (Fsp3) is 0.938. The lowest BCUT2D eigenvalue weighted by Gasteiger charge is -2.37. The first-order valence-corrected chi connectivity index (χ1v) is 8.05. The minimum atomic E-state index is 0.0896.